The second-order valence-corrected chi connectivity index (χ2v) is 18.5. The lowest BCUT2D eigenvalue weighted by Crippen LogP contribution is -2.30. The summed E-state index contributed by atoms with van der Waals surface area (Å²) in [5.74, 6) is -0.912. The SMILES string of the molecule is CC/C=C\C/C=C\C/C=C\C/C=C\C/C=C\C/C=C\CCCCCCCCC(=O)OCC(COC(=O)CCCCCCCC)OC(=O)CCCCCCCCCCC/C=C\C/C=C\CCCCC. The molecule has 0 rings (SSSR count). The van der Waals surface area contributed by atoms with Crippen LogP contribution in [0.5, 0.6) is 0 Å². The largest absolute Gasteiger partial charge is 0.462 e. The van der Waals surface area contributed by atoms with Crippen molar-refractivity contribution in [2.75, 3.05) is 13.2 Å². The van der Waals surface area contributed by atoms with Crippen LogP contribution in [0.15, 0.2) is 97.2 Å². The Bertz CT molecular complexity index is 1360. The Labute approximate surface area is 419 Å². The van der Waals surface area contributed by atoms with E-state index in [4.69, 9.17) is 14.2 Å². The summed E-state index contributed by atoms with van der Waals surface area (Å²) < 4.78 is 16.7. The Morgan fingerprint density at radius 1 is 0.309 bits per heavy atom. The van der Waals surface area contributed by atoms with Gasteiger partial charge in [-0.15, -0.1) is 0 Å². The van der Waals surface area contributed by atoms with Gasteiger partial charge in [0.2, 0.25) is 0 Å². The number of carbonyl (C=O) groups is 3. The number of ether oxygens (including phenoxy) is 3. The second kappa shape index (κ2) is 55.9. The first-order chi connectivity index (χ1) is 33.5. The summed E-state index contributed by atoms with van der Waals surface area (Å²) in [5.41, 5.74) is 0. The highest BCUT2D eigenvalue weighted by atomic mass is 16.6. The maximum Gasteiger partial charge on any atom is 0.306 e. The maximum atomic E-state index is 12.8. The molecule has 0 spiro atoms. The van der Waals surface area contributed by atoms with Crippen LogP contribution in [0.25, 0.3) is 0 Å². The van der Waals surface area contributed by atoms with Crippen LogP contribution < -0.4 is 0 Å². The molecule has 1 unspecified atom stereocenters. The highest BCUT2D eigenvalue weighted by molar-refractivity contribution is 5.71. The number of carbonyl (C=O) groups excluding carboxylic acids is 3. The summed E-state index contributed by atoms with van der Waals surface area (Å²) in [6, 6.07) is 0. The maximum absolute atomic E-state index is 12.8. The molecule has 6 heteroatoms. The molecule has 0 aromatic rings. The molecule has 0 N–H and O–H groups in total. The fourth-order valence-electron chi connectivity index (χ4n) is 7.59. The summed E-state index contributed by atoms with van der Waals surface area (Å²) in [4.78, 5) is 37.9. The van der Waals surface area contributed by atoms with Gasteiger partial charge in [-0.1, -0.05) is 234 Å². The molecule has 0 fully saturated rings. The minimum atomic E-state index is -0.784. The van der Waals surface area contributed by atoms with Gasteiger partial charge in [-0.25, -0.2) is 0 Å². The molecule has 0 saturated heterocycles. The summed E-state index contributed by atoms with van der Waals surface area (Å²) in [5, 5.41) is 0. The Balaban J connectivity index is 4.21. The molecule has 0 aliphatic carbocycles. The molecule has 1 atom stereocenters. The van der Waals surface area contributed by atoms with Crippen molar-refractivity contribution in [3.8, 4) is 0 Å². The van der Waals surface area contributed by atoms with E-state index >= 15 is 0 Å². The fourth-order valence-corrected chi connectivity index (χ4v) is 7.59. The third kappa shape index (κ3) is 53.3. The zero-order valence-corrected chi connectivity index (χ0v) is 44.3. The van der Waals surface area contributed by atoms with Crippen molar-refractivity contribution < 1.29 is 28.6 Å². The molecule has 0 aliphatic rings. The highest BCUT2D eigenvalue weighted by Gasteiger charge is 2.19. The summed E-state index contributed by atoms with van der Waals surface area (Å²) in [7, 11) is 0. The van der Waals surface area contributed by atoms with E-state index < -0.39 is 6.10 Å². The van der Waals surface area contributed by atoms with Crippen molar-refractivity contribution in [1.82, 2.24) is 0 Å². The molecule has 0 bridgehead atoms. The van der Waals surface area contributed by atoms with Gasteiger partial charge in [-0.2, -0.15) is 0 Å². The molecule has 0 radical (unpaired) electrons. The molecule has 0 aromatic carbocycles. The average Bonchev–Trinajstić information content (AvgIpc) is 3.34. The third-order valence-corrected chi connectivity index (χ3v) is 11.8. The molecule has 0 aliphatic heterocycles. The van der Waals surface area contributed by atoms with E-state index in [-0.39, 0.29) is 31.1 Å². The van der Waals surface area contributed by atoms with E-state index in [0.29, 0.717) is 19.3 Å². The first-order valence-corrected chi connectivity index (χ1v) is 28.2. The van der Waals surface area contributed by atoms with Gasteiger partial charge < -0.3 is 14.2 Å². The lowest BCUT2D eigenvalue weighted by molar-refractivity contribution is -0.167. The van der Waals surface area contributed by atoms with Crippen molar-refractivity contribution >= 4 is 17.9 Å². The van der Waals surface area contributed by atoms with Crippen LogP contribution in [0.3, 0.4) is 0 Å². The van der Waals surface area contributed by atoms with Crippen molar-refractivity contribution in [2.24, 2.45) is 0 Å². The highest BCUT2D eigenvalue weighted by Crippen LogP contribution is 2.14. The predicted molar refractivity (Wildman–Crippen MR) is 293 cm³/mol. The van der Waals surface area contributed by atoms with Crippen molar-refractivity contribution in [1.29, 1.82) is 0 Å². The van der Waals surface area contributed by atoms with Crippen LogP contribution in [0, 0.1) is 0 Å². The smallest absolute Gasteiger partial charge is 0.306 e. The van der Waals surface area contributed by atoms with Gasteiger partial charge in [0.15, 0.2) is 6.10 Å². The fraction of sp³-hybridized carbons (Fsp3) is 0.694. The quantitative estimate of drug-likeness (QED) is 0.0262. The number of unbranched alkanes of at least 4 members (excludes halogenated alkanes) is 23. The Hall–Kier alpha value is -3.67. The molecule has 0 saturated carbocycles. The molecule has 6 nitrogen and oxygen atoms in total. The summed E-state index contributed by atoms with van der Waals surface area (Å²) in [6.45, 7) is 6.43. The zero-order valence-electron chi connectivity index (χ0n) is 44.3. The van der Waals surface area contributed by atoms with Crippen molar-refractivity contribution in [2.45, 2.75) is 264 Å². The monoisotopic (exact) mass is 945 g/mol. The summed E-state index contributed by atoms with van der Waals surface area (Å²) >= 11 is 0. The number of rotatable bonds is 50. The minimum absolute atomic E-state index is 0.0842. The third-order valence-electron chi connectivity index (χ3n) is 11.8. The molecule has 0 aromatic heterocycles. The molecule has 388 valence electrons. The van der Waals surface area contributed by atoms with Crippen LogP contribution in [-0.4, -0.2) is 37.2 Å². The van der Waals surface area contributed by atoms with E-state index in [0.717, 1.165) is 116 Å². The van der Waals surface area contributed by atoms with Crippen molar-refractivity contribution in [3.05, 3.63) is 97.2 Å². The zero-order chi connectivity index (χ0) is 49.3. The number of allylic oxidation sites excluding steroid dienone is 16. The molecule has 0 amide bonds. The Morgan fingerprint density at radius 2 is 0.574 bits per heavy atom. The van der Waals surface area contributed by atoms with Crippen LogP contribution >= 0.6 is 0 Å². The van der Waals surface area contributed by atoms with Gasteiger partial charge >= 0.3 is 17.9 Å². The van der Waals surface area contributed by atoms with Gasteiger partial charge in [0.05, 0.1) is 0 Å². The van der Waals surface area contributed by atoms with E-state index in [1.54, 1.807) is 0 Å². The minimum Gasteiger partial charge on any atom is -0.462 e. The van der Waals surface area contributed by atoms with Crippen LogP contribution in [0.2, 0.25) is 0 Å². The Kier molecular flexibility index (Phi) is 52.9. The predicted octanol–water partition coefficient (Wildman–Crippen LogP) is 18.9. The van der Waals surface area contributed by atoms with E-state index in [9.17, 15) is 14.4 Å². The topological polar surface area (TPSA) is 78.9 Å². The van der Waals surface area contributed by atoms with Gasteiger partial charge in [0, 0.05) is 19.3 Å². The molecule has 68 heavy (non-hydrogen) atoms. The first-order valence-electron chi connectivity index (χ1n) is 28.2. The van der Waals surface area contributed by atoms with Gasteiger partial charge in [-0.05, 0) is 103 Å². The van der Waals surface area contributed by atoms with Gasteiger partial charge in [0.1, 0.15) is 13.2 Å². The van der Waals surface area contributed by atoms with Gasteiger partial charge in [-0.3, -0.25) is 14.4 Å². The van der Waals surface area contributed by atoms with Crippen molar-refractivity contribution in [3.63, 3.8) is 0 Å². The molecular formula is C62H104O6. The van der Waals surface area contributed by atoms with E-state index in [1.165, 1.54) is 103 Å². The standard InChI is InChI=1S/C62H104O6/c1-4-7-10-13-16-18-20-22-24-26-28-29-30-31-32-33-35-36-38-40-42-44-46-49-52-55-61(64)67-58-59(57-66-60(63)54-51-48-15-12-9-6-3)68-62(65)56-53-50-47-45-43-41-39-37-34-27-25-23-21-19-17-14-11-8-5-2/h7,10,16-19,22-25,28-29,31-32,35-36,59H,4-6,8-9,11-15,20-21,26-27,30,33-34,37-58H2,1-3H3/b10-7-,18-16-,19-17-,24-22-,25-23-,29-28-,32-31-,36-35-. The summed E-state index contributed by atoms with van der Waals surface area (Å²) in [6.07, 6.45) is 74.2. The molecule has 0 heterocycles. The first kappa shape index (κ1) is 64.3. The molecular weight excluding hydrogens is 841 g/mol. The van der Waals surface area contributed by atoms with E-state index in [2.05, 4.69) is 118 Å². The Morgan fingerprint density at radius 3 is 0.926 bits per heavy atom. The van der Waals surface area contributed by atoms with Crippen LogP contribution in [0.4, 0.5) is 0 Å². The average molecular weight is 946 g/mol. The lowest BCUT2D eigenvalue weighted by Gasteiger charge is -2.18. The van der Waals surface area contributed by atoms with Crippen LogP contribution in [-0.2, 0) is 28.6 Å². The number of esters is 3. The number of hydrogen-bond donors (Lipinski definition) is 0. The second-order valence-electron chi connectivity index (χ2n) is 18.5. The number of hydrogen-bond acceptors (Lipinski definition) is 6. The normalized spacial score (nSPS) is 12.8. The van der Waals surface area contributed by atoms with Gasteiger partial charge in [0.25, 0.3) is 0 Å². The van der Waals surface area contributed by atoms with Crippen LogP contribution in [0.1, 0.15) is 258 Å². The lowest BCUT2D eigenvalue weighted by atomic mass is 10.1. The van der Waals surface area contributed by atoms with E-state index in [1.807, 2.05) is 0 Å².